The van der Waals surface area contributed by atoms with E-state index in [2.05, 4.69) is 45.5 Å². The van der Waals surface area contributed by atoms with Crippen molar-refractivity contribution in [2.24, 2.45) is 5.41 Å². The number of rotatable bonds is 14. The fourth-order valence-corrected chi connectivity index (χ4v) is 6.38. The topological polar surface area (TPSA) is 135 Å². The van der Waals surface area contributed by atoms with Crippen LogP contribution in [0.3, 0.4) is 0 Å². The number of hydrogen-bond donors (Lipinski definition) is 1. The van der Waals surface area contributed by atoms with Gasteiger partial charge in [-0.05, 0) is 32.9 Å². The zero-order valence-corrected chi connectivity index (χ0v) is 30.2. The van der Waals surface area contributed by atoms with Crippen molar-refractivity contribution in [2.75, 3.05) is 76.5 Å². The van der Waals surface area contributed by atoms with Gasteiger partial charge in [0.25, 0.3) is 0 Å². The quantitative estimate of drug-likeness (QED) is 0.166. The number of carbonyl (C=O) groups is 1. The lowest BCUT2D eigenvalue weighted by Crippen LogP contribution is -2.52. The van der Waals surface area contributed by atoms with Crippen LogP contribution >= 0.6 is 0 Å². The summed E-state index contributed by atoms with van der Waals surface area (Å²) in [6, 6.07) is 4.30. The van der Waals surface area contributed by atoms with Gasteiger partial charge in [0.05, 0.1) is 50.0 Å². The first kappa shape index (κ1) is 37.7. The van der Waals surface area contributed by atoms with E-state index in [1.165, 1.54) is 6.07 Å². The Balaban J connectivity index is 1.46. The number of imidazole rings is 1. The zero-order valence-electron chi connectivity index (χ0n) is 30.2. The number of anilines is 2. The van der Waals surface area contributed by atoms with Crippen LogP contribution in [0, 0.1) is 5.41 Å². The summed E-state index contributed by atoms with van der Waals surface area (Å²) in [6.07, 6.45) is -0.977. The van der Waals surface area contributed by atoms with Gasteiger partial charge in [0.15, 0.2) is 11.5 Å². The number of nitrogens with one attached hydrogen (secondary N) is 1. The molecule has 276 valence electrons. The van der Waals surface area contributed by atoms with E-state index in [4.69, 9.17) is 29.2 Å². The second kappa shape index (κ2) is 15.8. The fraction of sp³-hybridized carbons (Fsp3) is 0.543. The van der Waals surface area contributed by atoms with Crippen LogP contribution in [0.4, 0.5) is 24.7 Å². The van der Waals surface area contributed by atoms with Gasteiger partial charge in [0.1, 0.15) is 22.7 Å². The van der Waals surface area contributed by atoms with Crippen molar-refractivity contribution in [3.05, 3.63) is 36.3 Å². The molecular weight excluding hydrogens is 667 g/mol. The van der Waals surface area contributed by atoms with E-state index in [-0.39, 0.29) is 41.2 Å². The zero-order chi connectivity index (χ0) is 36.9. The molecule has 0 aromatic carbocycles. The van der Waals surface area contributed by atoms with E-state index >= 15 is 0 Å². The van der Waals surface area contributed by atoms with Gasteiger partial charge in [-0.3, -0.25) is 9.69 Å². The Bertz CT molecular complexity index is 1800. The van der Waals surface area contributed by atoms with Crippen LogP contribution in [-0.4, -0.2) is 114 Å². The van der Waals surface area contributed by atoms with Crippen LogP contribution in [0.5, 0.6) is 5.88 Å². The van der Waals surface area contributed by atoms with E-state index < -0.39 is 11.9 Å². The Morgan fingerprint density at radius 2 is 1.82 bits per heavy atom. The number of halogens is 3. The molecule has 0 amide bonds. The minimum absolute atomic E-state index is 0.143. The maximum atomic E-state index is 13.9. The van der Waals surface area contributed by atoms with Crippen LogP contribution in [0.15, 0.2) is 30.6 Å². The van der Waals surface area contributed by atoms with Crippen LogP contribution in [0.1, 0.15) is 46.7 Å². The average molecular weight is 714 g/mol. The summed E-state index contributed by atoms with van der Waals surface area (Å²) < 4.78 is 57.5. The third kappa shape index (κ3) is 9.22. The Hall–Kier alpha value is -4.57. The van der Waals surface area contributed by atoms with E-state index in [9.17, 15) is 18.0 Å². The van der Waals surface area contributed by atoms with Gasteiger partial charge in [0.2, 0.25) is 5.88 Å². The highest BCUT2D eigenvalue weighted by Crippen LogP contribution is 2.36. The Kier molecular flexibility index (Phi) is 11.6. The summed E-state index contributed by atoms with van der Waals surface area (Å²) in [4.78, 5) is 44.1. The lowest BCUT2D eigenvalue weighted by Gasteiger charge is -2.40. The number of ether oxygens (including phenoxy) is 3. The Morgan fingerprint density at radius 1 is 1.04 bits per heavy atom. The third-order valence-electron chi connectivity index (χ3n) is 8.56. The molecule has 4 aromatic rings. The molecule has 51 heavy (non-hydrogen) atoms. The van der Waals surface area contributed by atoms with Crippen LogP contribution < -0.4 is 14.5 Å². The molecule has 0 unspecified atom stereocenters. The number of H-pyrrole nitrogens is 1. The van der Waals surface area contributed by atoms with Gasteiger partial charge in [-0.1, -0.05) is 13.8 Å². The number of alkyl halides is 3. The van der Waals surface area contributed by atoms with Crippen LogP contribution in [0.2, 0.25) is 0 Å². The van der Waals surface area contributed by atoms with Gasteiger partial charge in [-0.2, -0.15) is 13.2 Å². The molecule has 4 aromatic heterocycles. The molecule has 0 spiro atoms. The summed E-state index contributed by atoms with van der Waals surface area (Å²) in [5.74, 6) is 0.795. The number of methoxy groups -OCH3 is 1. The maximum absolute atomic E-state index is 13.9. The van der Waals surface area contributed by atoms with Crippen molar-refractivity contribution in [3.63, 3.8) is 0 Å². The molecule has 1 N–H and O–H groups in total. The smallest absolute Gasteiger partial charge is 0.433 e. The van der Waals surface area contributed by atoms with Gasteiger partial charge >= 0.3 is 12.1 Å². The third-order valence-corrected chi connectivity index (χ3v) is 8.56. The molecule has 0 aliphatic carbocycles. The monoisotopic (exact) mass is 713 g/mol. The van der Waals surface area contributed by atoms with Crippen molar-refractivity contribution < 1.29 is 32.2 Å². The minimum Gasteiger partial charge on any atom is -0.478 e. The predicted molar refractivity (Wildman–Crippen MR) is 188 cm³/mol. The molecule has 5 heterocycles. The lowest BCUT2D eigenvalue weighted by molar-refractivity contribution is -0.143. The molecule has 0 bridgehead atoms. The fourth-order valence-electron chi connectivity index (χ4n) is 6.38. The first-order valence-electron chi connectivity index (χ1n) is 17.0. The van der Waals surface area contributed by atoms with E-state index in [1.54, 1.807) is 39.4 Å². The minimum atomic E-state index is -4.68. The van der Waals surface area contributed by atoms with E-state index in [0.29, 0.717) is 61.1 Å². The number of nitrogens with zero attached hydrogens (tertiary/aromatic N) is 8. The highest BCUT2D eigenvalue weighted by Gasteiger charge is 2.34. The number of aromatic nitrogens is 6. The molecule has 16 heteroatoms. The summed E-state index contributed by atoms with van der Waals surface area (Å²) in [5, 5.41) is 0. The lowest BCUT2D eigenvalue weighted by atomic mass is 9.94. The molecule has 13 nitrogen and oxygen atoms in total. The van der Waals surface area contributed by atoms with E-state index in [0.717, 1.165) is 31.5 Å². The molecule has 5 rings (SSSR count). The molecular formula is C35H46F3N9O4. The first-order chi connectivity index (χ1) is 24.2. The SMILES string of the molecule is CCOC(=O)CCN1CCN(c2cnc(-c3nc4nc(-c5cc(OCC)nc(C(F)(F)F)c5)cc(N(C)CC(C)(C)COC)c4[nH]3)cn2)[C@H](C)C1. The molecule has 1 atom stereocenters. The Labute approximate surface area is 295 Å². The number of esters is 1. The Morgan fingerprint density at radius 3 is 2.47 bits per heavy atom. The summed E-state index contributed by atoms with van der Waals surface area (Å²) in [5.41, 5.74) is 1.19. The van der Waals surface area contributed by atoms with Gasteiger partial charge in [-0.25, -0.2) is 24.9 Å². The van der Waals surface area contributed by atoms with Crippen molar-refractivity contribution in [1.82, 2.24) is 34.8 Å². The number of hydrogen-bond acceptors (Lipinski definition) is 12. The maximum Gasteiger partial charge on any atom is 0.433 e. The normalized spacial score (nSPS) is 15.7. The largest absolute Gasteiger partial charge is 0.478 e. The number of fused-ring (bicyclic) bond motifs is 1. The van der Waals surface area contributed by atoms with Gasteiger partial charge in [0, 0.05) is 70.0 Å². The second-order valence-corrected chi connectivity index (χ2v) is 13.4. The van der Waals surface area contributed by atoms with E-state index in [1.807, 2.05) is 11.9 Å². The summed E-state index contributed by atoms with van der Waals surface area (Å²) >= 11 is 0. The molecule has 0 saturated carbocycles. The number of carbonyl (C=O) groups excluding carboxylic acids is 1. The van der Waals surface area contributed by atoms with Gasteiger partial charge in [-0.15, -0.1) is 0 Å². The number of piperazine rings is 1. The highest BCUT2D eigenvalue weighted by atomic mass is 19.4. The van der Waals surface area contributed by atoms with Crippen LogP contribution in [0.25, 0.3) is 33.9 Å². The molecule has 1 fully saturated rings. The van der Waals surface area contributed by atoms with Gasteiger partial charge < -0.3 is 29.0 Å². The number of pyridine rings is 2. The molecule has 1 saturated heterocycles. The molecule has 1 aliphatic heterocycles. The summed E-state index contributed by atoms with van der Waals surface area (Å²) in [6.45, 7) is 14.2. The second-order valence-electron chi connectivity index (χ2n) is 13.4. The number of aromatic amines is 1. The molecule has 0 radical (unpaired) electrons. The van der Waals surface area contributed by atoms with Crippen LogP contribution in [-0.2, 0) is 20.4 Å². The first-order valence-corrected chi connectivity index (χ1v) is 17.0. The molecule has 1 aliphatic rings. The highest BCUT2D eigenvalue weighted by molar-refractivity contribution is 5.91. The predicted octanol–water partition coefficient (Wildman–Crippen LogP) is 5.47. The standard InChI is InChI=1S/C35H46F3N9O4/c1-8-50-29-15-23(14-27(42-29)35(36,37)38)24-16-26(45(6)20-34(4,5)21-49-7)31-33(41-24)44-32(43-31)25-17-40-28(18-39-25)47-13-12-46(19-22(47)3)11-10-30(48)51-9-2/h14-18,22H,8-13,19-21H2,1-7H3,(H,41,43,44)/t22-/m1/s1. The summed E-state index contributed by atoms with van der Waals surface area (Å²) in [7, 11) is 3.55. The van der Waals surface area contributed by atoms with Crippen molar-refractivity contribution in [1.29, 1.82) is 0 Å². The van der Waals surface area contributed by atoms with Crippen molar-refractivity contribution in [2.45, 2.75) is 53.3 Å². The van der Waals surface area contributed by atoms with Crippen molar-refractivity contribution >= 4 is 28.6 Å². The van der Waals surface area contributed by atoms with Crippen molar-refractivity contribution in [3.8, 4) is 28.7 Å². The average Bonchev–Trinajstić information content (AvgIpc) is 3.51.